The SMILES string of the molecule is C[C@@H]1CC[C@@H](c2nsc(C(C)(C)O)n2)CN1C(=O)c1ccccc1-n1nccn1. The summed E-state index contributed by atoms with van der Waals surface area (Å²) in [6.07, 6.45) is 4.97. The third kappa shape index (κ3) is 3.92. The molecule has 1 aromatic carbocycles. The minimum absolute atomic E-state index is 0.0481. The first-order chi connectivity index (χ1) is 13.8. The monoisotopic (exact) mass is 412 g/mol. The number of hydrogen-bond acceptors (Lipinski definition) is 7. The molecule has 8 nitrogen and oxygen atoms in total. The first-order valence-corrected chi connectivity index (χ1v) is 10.4. The molecule has 0 unspecified atom stereocenters. The Hall–Kier alpha value is -2.65. The number of para-hydroxylation sites is 1. The van der Waals surface area contributed by atoms with Gasteiger partial charge in [0.15, 0.2) is 0 Å². The number of aliphatic hydroxyl groups is 1. The van der Waals surface area contributed by atoms with Gasteiger partial charge in [-0.05, 0) is 57.3 Å². The number of carbonyl (C=O) groups is 1. The number of aromatic nitrogens is 5. The zero-order valence-electron chi connectivity index (χ0n) is 16.7. The lowest BCUT2D eigenvalue weighted by Gasteiger charge is -2.37. The molecule has 2 atom stereocenters. The molecule has 1 fully saturated rings. The van der Waals surface area contributed by atoms with Crippen LogP contribution in [-0.2, 0) is 5.60 Å². The molecule has 1 N–H and O–H groups in total. The van der Waals surface area contributed by atoms with Crippen LogP contribution >= 0.6 is 11.5 Å². The summed E-state index contributed by atoms with van der Waals surface area (Å²) in [5.74, 6) is 0.712. The van der Waals surface area contributed by atoms with Crippen molar-refractivity contribution in [2.45, 2.75) is 51.2 Å². The molecule has 0 aliphatic carbocycles. The summed E-state index contributed by atoms with van der Waals surface area (Å²) >= 11 is 1.22. The Morgan fingerprint density at radius 3 is 2.62 bits per heavy atom. The van der Waals surface area contributed by atoms with Gasteiger partial charge in [0.25, 0.3) is 5.91 Å². The number of rotatable bonds is 4. The minimum Gasteiger partial charge on any atom is -0.383 e. The van der Waals surface area contributed by atoms with Gasteiger partial charge in [0.05, 0.1) is 23.6 Å². The van der Waals surface area contributed by atoms with Crippen LogP contribution in [0.4, 0.5) is 0 Å². The maximum Gasteiger partial charge on any atom is 0.256 e. The molecule has 0 saturated carbocycles. The molecule has 3 heterocycles. The highest BCUT2D eigenvalue weighted by atomic mass is 32.1. The van der Waals surface area contributed by atoms with Crippen LogP contribution in [0, 0.1) is 0 Å². The minimum atomic E-state index is -1.01. The molecule has 1 amide bonds. The van der Waals surface area contributed by atoms with Crippen molar-refractivity contribution in [3.05, 3.63) is 53.1 Å². The summed E-state index contributed by atoms with van der Waals surface area (Å²) < 4.78 is 4.46. The highest BCUT2D eigenvalue weighted by molar-refractivity contribution is 7.05. The number of hydrogen-bond donors (Lipinski definition) is 1. The van der Waals surface area contributed by atoms with Crippen molar-refractivity contribution >= 4 is 17.4 Å². The fourth-order valence-electron chi connectivity index (χ4n) is 3.57. The third-order valence-electron chi connectivity index (χ3n) is 5.24. The van der Waals surface area contributed by atoms with E-state index in [1.165, 1.54) is 16.3 Å². The fraction of sp³-hybridized carbons (Fsp3) is 0.450. The van der Waals surface area contributed by atoms with Crippen molar-refractivity contribution in [2.24, 2.45) is 0 Å². The summed E-state index contributed by atoms with van der Waals surface area (Å²) in [6, 6.07) is 7.49. The molecule has 29 heavy (non-hydrogen) atoms. The van der Waals surface area contributed by atoms with Crippen molar-refractivity contribution in [3.63, 3.8) is 0 Å². The van der Waals surface area contributed by atoms with Gasteiger partial charge in [0, 0.05) is 18.5 Å². The second kappa shape index (κ2) is 7.64. The number of benzene rings is 1. The molecule has 152 valence electrons. The topological polar surface area (TPSA) is 97.0 Å². The van der Waals surface area contributed by atoms with Crippen molar-refractivity contribution in [2.75, 3.05) is 6.54 Å². The Labute approximate surface area is 173 Å². The van der Waals surface area contributed by atoms with Crippen LogP contribution in [0.25, 0.3) is 5.69 Å². The largest absolute Gasteiger partial charge is 0.383 e. The summed E-state index contributed by atoms with van der Waals surface area (Å²) in [4.78, 5) is 21.4. The van der Waals surface area contributed by atoms with Crippen LogP contribution in [0.3, 0.4) is 0 Å². The van der Waals surface area contributed by atoms with Gasteiger partial charge in [-0.15, -0.1) is 0 Å². The average Bonchev–Trinajstić information content (AvgIpc) is 3.40. The number of carbonyl (C=O) groups excluding carboxylic acids is 1. The number of amides is 1. The van der Waals surface area contributed by atoms with Crippen molar-refractivity contribution in [1.29, 1.82) is 0 Å². The average molecular weight is 413 g/mol. The molecule has 1 saturated heterocycles. The van der Waals surface area contributed by atoms with Gasteiger partial charge in [-0.1, -0.05) is 12.1 Å². The van der Waals surface area contributed by atoms with E-state index in [9.17, 15) is 9.90 Å². The highest BCUT2D eigenvalue weighted by Gasteiger charge is 2.34. The van der Waals surface area contributed by atoms with Crippen LogP contribution in [0.15, 0.2) is 36.7 Å². The second-order valence-electron chi connectivity index (χ2n) is 7.93. The molecule has 1 aliphatic heterocycles. The normalized spacial score (nSPS) is 20.1. The van der Waals surface area contributed by atoms with E-state index in [1.54, 1.807) is 26.2 Å². The van der Waals surface area contributed by atoms with Crippen molar-refractivity contribution in [1.82, 2.24) is 29.3 Å². The Kier molecular flexibility index (Phi) is 5.18. The van der Waals surface area contributed by atoms with Crippen LogP contribution < -0.4 is 0 Å². The maximum atomic E-state index is 13.4. The molecule has 0 radical (unpaired) electrons. The van der Waals surface area contributed by atoms with Gasteiger partial charge in [-0.3, -0.25) is 4.79 Å². The summed E-state index contributed by atoms with van der Waals surface area (Å²) in [6.45, 7) is 6.02. The van der Waals surface area contributed by atoms with E-state index in [0.29, 0.717) is 28.6 Å². The van der Waals surface area contributed by atoms with Gasteiger partial charge in [0.1, 0.15) is 16.4 Å². The molecule has 0 bridgehead atoms. The number of likely N-dealkylation sites (tertiary alicyclic amines) is 1. The first kappa shape index (κ1) is 19.7. The zero-order valence-corrected chi connectivity index (χ0v) is 17.5. The van der Waals surface area contributed by atoms with Crippen LogP contribution in [0.1, 0.15) is 60.7 Å². The van der Waals surface area contributed by atoms with E-state index >= 15 is 0 Å². The summed E-state index contributed by atoms with van der Waals surface area (Å²) in [5, 5.41) is 19.1. The second-order valence-corrected chi connectivity index (χ2v) is 8.69. The predicted octanol–water partition coefficient (Wildman–Crippen LogP) is 2.75. The standard InChI is InChI=1S/C20H24N6O2S/c1-13-8-9-14(17-23-19(29-24-17)20(2,3)28)12-25(13)18(27)15-6-4-5-7-16(15)26-21-10-11-22-26/h4-7,10-11,13-14,28H,8-9,12H2,1-3H3/t13-,14-/m1/s1. The summed E-state index contributed by atoms with van der Waals surface area (Å²) in [5.41, 5.74) is 0.218. The zero-order chi connectivity index (χ0) is 20.6. The Morgan fingerprint density at radius 1 is 1.21 bits per heavy atom. The fourth-order valence-corrected chi connectivity index (χ4v) is 4.30. The number of piperidine rings is 1. The molecule has 4 rings (SSSR count). The Morgan fingerprint density at radius 2 is 1.93 bits per heavy atom. The van der Waals surface area contributed by atoms with Crippen molar-refractivity contribution in [3.8, 4) is 5.69 Å². The Balaban J connectivity index is 1.60. The van der Waals surface area contributed by atoms with Gasteiger partial charge in [-0.2, -0.15) is 19.4 Å². The van der Waals surface area contributed by atoms with Crippen LogP contribution in [0.5, 0.6) is 0 Å². The molecule has 0 spiro atoms. The van der Waals surface area contributed by atoms with Gasteiger partial charge in [-0.25, -0.2) is 4.98 Å². The lowest BCUT2D eigenvalue weighted by molar-refractivity contribution is 0.0602. The lowest BCUT2D eigenvalue weighted by Crippen LogP contribution is -2.45. The predicted molar refractivity (Wildman–Crippen MR) is 109 cm³/mol. The van der Waals surface area contributed by atoms with Gasteiger partial charge in [0.2, 0.25) is 0 Å². The molecular formula is C20H24N6O2S. The molecule has 9 heteroatoms. The lowest BCUT2D eigenvalue weighted by atomic mass is 9.92. The van der Waals surface area contributed by atoms with E-state index in [4.69, 9.17) is 0 Å². The van der Waals surface area contributed by atoms with E-state index < -0.39 is 5.60 Å². The highest BCUT2D eigenvalue weighted by Crippen LogP contribution is 2.32. The van der Waals surface area contributed by atoms with Gasteiger partial charge >= 0.3 is 0 Å². The van der Waals surface area contributed by atoms with E-state index in [1.807, 2.05) is 29.2 Å². The first-order valence-electron chi connectivity index (χ1n) is 9.67. The quantitative estimate of drug-likeness (QED) is 0.708. The van der Waals surface area contributed by atoms with E-state index in [0.717, 1.165) is 12.8 Å². The molecule has 1 aliphatic rings. The van der Waals surface area contributed by atoms with E-state index in [-0.39, 0.29) is 17.9 Å². The molecular weight excluding hydrogens is 388 g/mol. The summed E-state index contributed by atoms with van der Waals surface area (Å²) in [7, 11) is 0. The molecule has 3 aromatic rings. The number of nitrogens with zero attached hydrogens (tertiary/aromatic N) is 6. The smallest absolute Gasteiger partial charge is 0.256 e. The van der Waals surface area contributed by atoms with Crippen LogP contribution in [-0.4, -0.2) is 52.9 Å². The molecule has 2 aromatic heterocycles. The Bertz CT molecular complexity index is 995. The van der Waals surface area contributed by atoms with E-state index in [2.05, 4.69) is 26.5 Å². The van der Waals surface area contributed by atoms with Crippen molar-refractivity contribution < 1.29 is 9.90 Å². The van der Waals surface area contributed by atoms with Gasteiger partial charge < -0.3 is 10.0 Å². The maximum absolute atomic E-state index is 13.4. The third-order valence-corrected chi connectivity index (χ3v) is 6.28. The van der Waals surface area contributed by atoms with Crippen LogP contribution in [0.2, 0.25) is 0 Å².